The summed E-state index contributed by atoms with van der Waals surface area (Å²) in [6.45, 7) is 8.21. The number of aryl methyl sites for hydroxylation is 2. The van der Waals surface area contributed by atoms with Gasteiger partial charge in [0.1, 0.15) is 0 Å². The summed E-state index contributed by atoms with van der Waals surface area (Å²) in [7, 11) is 3.75. The second kappa shape index (κ2) is 6.25. The fourth-order valence-corrected chi connectivity index (χ4v) is 1.97. The summed E-state index contributed by atoms with van der Waals surface area (Å²) in [5.41, 5.74) is 3.10. The van der Waals surface area contributed by atoms with Gasteiger partial charge in [0.2, 0.25) is 0 Å². The molecule has 18 heavy (non-hydrogen) atoms. The zero-order valence-corrected chi connectivity index (χ0v) is 12.4. The minimum Gasteiger partial charge on any atom is -0.379 e. The van der Waals surface area contributed by atoms with Gasteiger partial charge in [-0.25, -0.2) is 0 Å². The Bertz CT molecular complexity index is 391. The van der Waals surface area contributed by atoms with Gasteiger partial charge in [-0.2, -0.15) is 10.2 Å². The van der Waals surface area contributed by atoms with E-state index in [4.69, 9.17) is 4.74 Å². The van der Waals surface area contributed by atoms with E-state index in [1.807, 2.05) is 20.9 Å². The Labute approximate surface area is 110 Å². The summed E-state index contributed by atoms with van der Waals surface area (Å²) in [5, 5.41) is 11.6. The molecule has 0 bridgehead atoms. The molecule has 1 rings (SSSR count). The minimum absolute atomic E-state index is 0.0848. The molecule has 1 aromatic rings. The summed E-state index contributed by atoms with van der Waals surface area (Å²) in [4.78, 5) is 0. The van der Waals surface area contributed by atoms with Gasteiger partial charge >= 0.3 is 0 Å². The molecule has 1 N–H and O–H groups in total. The number of rotatable bonds is 6. The van der Waals surface area contributed by atoms with E-state index < -0.39 is 0 Å². The number of hydrogen-bond donors (Lipinski definition) is 1. The van der Waals surface area contributed by atoms with Crippen LogP contribution in [0.25, 0.3) is 0 Å². The highest BCUT2D eigenvalue weighted by atomic mass is 16.5. The number of methoxy groups -OCH3 is 1. The Morgan fingerprint density at radius 2 is 2.00 bits per heavy atom. The van der Waals surface area contributed by atoms with Crippen LogP contribution in [0.1, 0.15) is 49.7 Å². The monoisotopic (exact) mass is 251 g/mol. The first kappa shape index (κ1) is 15.1. The van der Waals surface area contributed by atoms with Crippen molar-refractivity contribution in [1.29, 1.82) is 0 Å². The van der Waals surface area contributed by atoms with Crippen LogP contribution in [0.2, 0.25) is 0 Å². The summed E-state index contributed by atoms with van der Waals surface area (Å²) in [5.74, 6) is 0. The highest BCUT2D eigenvalue weighted by Crippen LogP contribution is 2.25. The molecule has 1 heterocycles. The highest BCUT2D eigenvalue weighted by molar-refractivity contribution is 5.23. The van der Waals surface area contributed by atoms with Gasteiger partial charge in [0.15, 0.2) is 0 Å². The third-order valence-electron chi connectivity index (χ3n) is 3.45. The lowest BCUT2D eigenvalue weighted by atomic mass is 9.94. The van der Waals surface area contributed by atoms with Crippen LogP contribution in [0.4, 0.5) is 0 Å². The lowest BCUT2D eigenvalue weighted by molar-refractivity contribution is 0.0118. The molecule has 0 aliphatic heterocycles. The zero-order valence-electron chi connectivity index (χ0n) is 12.4. The van der Waals surface area contributed by atoms with Crippen LogP contribution in [0.5, 0.6) is 0 Å². The number of aromatic nitrogens is 2. The van der Waals surface area contributed by atoms with Gasteiger partial charge in [0, 0.05) is 13.2 Å². The minimum atomic E-state index is -0.0848. The average molecular weight is 251 g/mol. The maximum absolute atomic E-state index is 5.47. The van der Waals surface area contributed by atoms with E-state index in [2.05, 4.69) is 35.4 Å². The van der Waals surface area contributed by atoms with Crippen molar-refractivity contribution in [2.24, 2.45) is 0 Å². The first-order valence-corrected chi connectivity index (χ1v) is 6.43. The Kier molecular flexibility index (Phi) is 5.23. The normalized spacial score (nSPS) is 13.7. The molecule has 4 heteroatoms. The topological polar surface area (TPSA) is 47.0 Å². The van der Waals surface area contributed by atoms with E-state index in [-0.39, 0.29) is 5.60 Å². The molecule has 1 atom stereocenters. The molecule has 0 radical (unpaired) electrons. The Hall–Kier alpha value is -1.00. The van der Waals surface area contributed by atoms with Gasteiger partial charge in [0.05, 0.1) is 17.0 Å². The van der Waals surface area contributed by atoms with E-state index in [0.717, 1.165) is 24.2 Å². The predicted molar refractivity (Wildman–Crippen MR) is 73.6 cm³/mol. The molecule has 0 aliphatic rings. The third-order valence-corrected chi connectivity index (χ3v) is 3.45. The van der Waals surface area contributed by atoms with Gasteiger partial charge in [-0.1, -0.05) is 0 Å². The maximum atomic E-state index is 5.47. The smallest absolute Gasteiger partial charge is 0.0648 e. The van der Waals surface area contributed by atoms with E-state index in [1.165, 1.54) is 5.56 Å². The quantitative estimate of drug-likeness (QED) is 0.844. The SMILES string of the molecule is CNC(CCC(C)(C)OC)c1cc(C)nnc1C. The van der Waals surface area contributed by atoms with Gasteiger partial charge in [-0.3, -0.25) is 0 Å². The summed E-state index contributed by atoms with van der Waals surface area (Å²) >= 11 is 0. The second-order valence-corrected chi connectivity index (χ2v) is 5.37. The van der Waals surface area contributed by atoms with Gasteiger partial charge < -0.3 is 10.1 Å². The lowest BCUT2D eigenvalue weighted by Gasteiger charge is -2.26. The Morgan fingerprint density at radius 1 is 1.33 bits per heavy atom. The van der Waals surface area contributed by atoms with Gasteiger partial charge in [-0.15, -0.1) is 0 Å². The van der Waals surface area contributed by atoms with E-state index >= 15 is 0 Å². The molecule has 0 saturated heterocycles. The first-order valence-electron chi connectivity index (χ1n) is 6.43. The van der Waals surface area contributed by atoms with Crippen LogP contribution in [0, 0.1) is 13.8 Å². The molecule has 0 spiro atoms. The van der Waals surface area contributed by atoms with Crippen LogP contribution in [-0.4, -0.2) is 30.0 Å². The standard InChI is InChI=1S/C14H25N3O/c1-10-9-12(11(2)17-16-10)13(15-5)7-8-14(3,4)18-6/h9,13,15H,7-8H2,1-6H3. The van der Waals surface area contributed by atoms with Gasteiger partial charge in [0.25, 0.3) is 0 Å². The molecule has 0 saturated carbocycles. The molecule has 1 unspecified atom stereocenters. The zero-order chi connectivity index (χ0) is 13.8. The Balaban J connectivity index is 2.80. The molecule has 1 aromatic heterocycles. The summed E-state index contributed by atoms with van der Waals surface area (Å²) < 4.78 is 5.47. The summed E-state index contributed by atoms with van der Waals surface area (Å²) in [6.07, 6.45) is 2.01. The fraction of sp³-hybridized carbons (Fsp3) is 0.714. The number of ether oxygens (including phenoxy) is 1. The number of hydrogen-bond acceptors (Lipinski definition) is 4. The highest BCUT2D eigenvalue weighted by Gasteiger charge is 2.20. The van der Waals surface area contributed by atoms with Crippen molar-refractivity contribution in [3.8, 4) is 0 Å². The third kappa shape index (κ3) is 4.03. The van der Waals surface area contributed by atoms with E-state index in [0.29, 0.717) is 6.04 Å². The summed E-state index contributed by atoms with van der Waals surface area (Å²) in [6, 6.07) is 2.41. The van der Waals surface area contributed by atoms with Crippen molar-refractivity contribution < 1.29 is 4.74 Å². The van der Waals surface area contributed by atoms with Crippen LogP contribution >= 0.6 is 0 Å². The van der Waals surface area contributed by atoms with Crippen molar-refractivity contribution in [2.45, 2.75) is 52.2 Å². The molecular formula is C14H25N3O. The molecule has 102 valence electrons. The first-order chi connectivity index (χ1) is 8.39. The van der Waals surface area contributed by atoms with Crippen LogP contribution in [0.3, 0.4) is 0 Å². The molecular weight excluding hydrogens is 226 g/mol. The number of nitrogens with zero attached hydrogens (tertiary/aromatic N) is 2. The van der Waals surface area contributed by atoms with Crippen molar-refractivity contribution >= 4 is 0 Å². The van der Waals surface area contributed by atoms with Gasteiger partial charge in [-0.05, 0) is 59.2 Å². The van der Waals surface area contributed by atoms with E-state index in [1.54, 1.807) is 7.11 Å². The molecule has 4 nitrogen and oxygen atoms in total. The van der Waals surface area contributed by atoms with Crippen molar-refractivity contribution in [1.82, 2.24) is 15.5 Å². The number of nitrogens with one attached hydrogen (secondary N) is 1. The van der Waals surface area contributed by atoms with Crippen LogP contribution in [0.15, 0.2) is 6.07 Å². The van der Waals surface area contributed by atoms with Crippen LogP contribution in [-0.2, 0) is 4.74 Å². The predicted octanol–water partition coefficient (Wildman–Crippen LogP) is 2.56. The van der Waals surface area contributed by atoms with Crippen LogP contribution < -0.4 is 5.32 Å². The lowest BCUT2D eigenvalue weighted by Crippen LogP contribution is -2.26. The average Bonchev–Trinajstić information content (AvgIpc) is 2.34. The molecule has 0 fully saturated rings. The van der Waals surface area contributed by atoms with Crippen molar-refractivity contribution in [2.75, 3.05) is 14.2 Å². The Morgan fingerprint density at radius 3 is 2.56 bits per heavy atom. The molecule has 0 aliphatic carbocycles. The maximum Gasteiger partial charge on any atom is 0.0648 e. The fourth-order valence-electron chi connectivity index (χ4n) is 1.97. The second-order valence-electron chi connectivity index (χ2n) is 5.37. The van der Waals surface area contributed by atoms with Crippen molar-refractivity contribution in [3.63, 3.8) is 0 Å². The molecule has 0 amide bonds. The molecule has 0 aromatic carbocycles. The van der Waals surface area contributed by atoms with Crippen molar-refractivity contribution in [3.05, 3.63) is 23.0 Å². The largest absolute Gasteiger partial charge is 0.379 e. The van der Waals surface area contributed by atoms with E-state index in [9.17, 15) is 0 Å².